The lowest BCUT2D eigenvalue weighted by Gasteiger charge is -2.24. The minimum atomic E-state index is -1.12. The first-order valence-corrected chi connectivity index (χ1v) is 9.28. The third-order valence-corrected chi connectivity index (χ3v) is 4.96. The van der Waals surface area contributed by atoms with Crippen LogP contribution in [0.4, 0.5) is 11.5 Å². The lowest BCUT2D eigenvalue weighted by molar-refractivity contribution is -0.132. The smallest absolute Gasteiger partial charge is 0.352 e. The summed E-state index contributed by atoms with van der Waals surface area (Å²) < 4.78 is 6.79. The number of allylic oxidation sites excluding steroid dienone is 1. The molecule has 0 saturated carbocycles. The van der Waals surface area contributed by atoms with E-state index in [0.717, 1.165) is 11.1 Å². The van der Waals surface area contributed by atoms with Crippen LogP contribution in [-0.4, -0.2) is 33.9 Å². The maximum Gasteiger partial charge on any atom is 0.352 e. The molecule has 8 nitrogen and oxygen atoms in total. The van der Waals surface area contributed by atoms with Crippen LogP contribution in [0, 0.1) is 6.92 Å². The second-order valence-electron chi connectivity index (χ2n) is 6.85. The number of carbonyl (C=O) groups excluding carboxylic acids is 1. The average molecular weight is 404 g/mol. The maximum absolute atomic E-state index is 12.9. The van der Waals surface area contributed by atoms with E-state index < -0.39 is 12.0 Å². The van der Waals surface area contributed by atoms with Gasteiger partial charge in [0.1, 0.15) is 22.8 Å². The number of aryl methyl sites for hydroxylation is 1. The highest BCUT2D eigenvalue weighted by Crippen LogP contribution is 2.33. The highest BCUT2D eigenvalue weighted by atomic mass is 16.5. The third-order valence-electron chi connectivity index (χ3n) is 4.96. The Labute approximate surface area is 172 Å². The van der Waals surface area contributed by atoms with E-state index >= 15 is 0 Å². The first-order chi connectivity index (χ1) is 14.5. The van der Waals surface area contributed by atoms with Gasteiger partial charge in [-0.3, -0.25) is 4.79 Å². The molecular formula is C22H20N4O4. The van der Waals surface area contributed by atoms with Gasteiger partial charge in [-0.1, -0.05) is 30.3 Å². The van der Waals surface area contributed by atoms with E-state index in [1.807, 2.05) is 37.3 Å². The molecule has 2 aromatic carbocycles. The standard InChI is InChI=1S/C22H20N4O4/c1-13-5-3-4-6-17(13)25-21(27)16-12-23-26-19(11-18(22(28)29)24-20(16)26)14-7-9-15(30-2)10-8-14/h3-12,19,24H,1-2H3,(H,25,27)(H,28,29). The number of aromatic nitrogens is 2. The lowest BCUT2D eigenvalue weighted by atomic mass is 10.0. The van der Waals surface area contributed by atoms with Crippen LogP contribution in [0.5, 0.6) is 5.75 Å². The molecule has 30 heavy (non-hydrogen) atoms. The van der Waals surface area contributed by atoms with Crippen LogP contribution in [0.2, 0.25) is 0 Å². The summed E-state index contributed by atoms with van der Waals surface area (Å²) in [5.74, 6) is -0.486. The highest BCUT2D eigenvalue weighted by molar-refractivity contribution is 6.08. The number of carbonyl (C=O) groups is 2. The Hall–Kier alpha value is -4.07. The van der Waals surface area contributed by atoms with Gasteiger partial charge in [-0.05, 0) is 42.3 Å². The molecule has 2 heterocycles. The van der Waals surface area contributed by atoms with Crippen molar-refractivity contribution in [3.05, 3.63) is 83.2 Å². The number of amides is 1. The molecule has 1 unspecified atom stereocenters. The number of aliphatic carboxylic acids is 1. The fourth-order valence-electron chi connectivity index (χ4n) is 3.33. The molecular weight excluding hydrogens is 384 g/mol. The number of benzene rings is 2. The van der Waals surface area contributed by atoms with E-state index in [-0.39, 0.29) is 17.2 Å². The van der Waals surface area contributed by atoms with Crippen LogP contribution in [0.25, 0.3) is 0 Å². The summed E-state index contributed by atoms with van der Waals surface area (Å²) in [5, 5.41) is 19.6. The molecule has 1 atom stereocenters. The molecule has 1 aliphatic rings. The number of ether oxygens (including phenoxy) is 1. The van der Waals surface area contributed by atoms with E-state index in [4.69, 9.17) is 4.74 Å². The summed E-state index contributed by atoms with van der Waals surface area (Å²) in [5.41, 5.74) is 2.64. The van der Waals surface area contributed by atoms with E-state index in [9.17, 15) is 14.7 Å². The Morgan fingerprint density at radius 1 is 1.17 bits per heavy atom. The van der Waals surface area contributed by atoms with Crippen molar-refractivity contribution < 1.29 is 19.4 Å². The number of fused-ring (bicyclic) bond motifs is 1. The molecule has 0 bridgehead atoms. The Morgan fingerprint density at radius 2 is 1.90 bits per heavy atom. The average Bonchev–Trinajstić information content (AvgIpc) is 3.19. The fraction of sp³-hybridized carbons (Fsp3) is 0.136. The highest BCUT2D eigenvalue weighted by Gasteiger charge is 2.29. The van der Waals surface area contributed by atoms with Crippen molar-refractivity contribution in [2.24, 2.45) is 0 Å². The number of nitrogens with zero attached hydrogens (tertiary/aromatic N) is 2. The van der Waals surface area contributed by atoms with Gasteiger partial charge in [-0.15, -0.1) is 0 Å². The number of hydrogen-bond donors (Lipinski definition) is 3. The maximum atomic E-state index is 12.9. The van der Waals surface area contributed by atoms with Crippen LogP contribution in [0.3, 0.4) is 0 Å². The minimum Gasteiger partial charge on any atom is -0.497 e. The van der Waals surface area contributed by atoms with Crippen LogP contribution >= 0.6 is 0 Å². The van der Waals surface area contributed by atoms with Gasteiger partial charge >= 0.3 is 5.97 Å². The van der Waals surface area contributed by atoms with Gasteiger partial charge in [0.25, 0.3) is 5.91 Å². The van der Waals surface area contributed by atoms with Crippen molar-refractivity contribution in [2.45, 2.75) is 13.0 Å². The first kappa shape index (κ1) is 19.3. The van der Waals surface area contributed by atoms with Gasteiger partial charge in [0, 0.05) is 5.69 Å². The largest absolute Gasteiger partial charge is 0.497 e. The van der Waals surface area contributed by atoms with Gasteiger partial charge in [-0.25, -0.2) is 9.48 Å². The molecule has 4 rings (SSSR count). The fourth-order valence-corrected chi connectivity index (χ4v) is 3.33. The first-order valence-electron chi connectivity index (χ1n) is 9.28. The van der Waals surface area contributed by atoms with Gasteiger partial charge in [-0.2, -0.15) is 5.10 Å². The SMILES string of the molecule is COc1ccc(C2C=C(C(=O)O)Nc3c(C(=O)Nc4ccccc4C)cnn32)cc1. The van der Waals surface area contributed by atoms with Crippen LogP contribution in [0.15, 0.2) is 66.5 Å². The molecule has 0 aliphatic carbocycles. The second-order valence-corrected chi connectivity index (χ2v) is 6.85. The molecule has 0 radical (unpaired) electrons. The molecule has 0 spiro atoms. The van der Waals surface area contributed by atoms with E-state index in [1.165, 1.54) is 6.20 Å². The molecule has 1 aromatic heterocycles. The summed E-state index contributed by atoms with van der Waals surface area (Å²) in [4.78, 5) is 24.6. The Bertz CT molecular complexity index is 1150. The zero-order valence-electron chi connectivity index (χ0n) is 16.4. The van der Waals surface area contributed by atoms with Crippen molar-refractivity contribution in [3.8, 4) is 5.75 Å². The monoisotopic (exact) mass is 404 g/mol. The molecule has 0 fully saturated rings. The van der Waals surface area contributed by atoms with E-state index in [0.29, 0.717) is 17.3 Å². The zero-order chi connectivity index (χ0) is 21.3. The summed E-state index contributed by atoms with van der Waals surface area (Å²) in [6, 6.07) is 14.2. The molecule has 0 saturated heterocycles. The third kappa shape index (κ3) is 3.50. The summed E-state index contributed by atoms with van der Waals surface area (Å²) in [6.07, 6.45) is 3.00. The van der Waals surface area contributed by atoms with Crippen molar-refractivity contribution in [1.29, 1.82) is 0 Å². The topological polar surface area (TPSA) is 105 Å². The second kappa shape index (κ2) is 7.75. The number of para-hydroxylation sites is 1. The predicted molar refractivity (Wildman–Crippen MR) is 112 cm³/mol. The molecule has 3 N–H and O–H groups in total. The summed E-state index contributed by atoms with van der Waals surface area (Å²) in [6.45, 7) is 1.90. The molecule has 8 heteroatoms. The Kier molecular flexibility index (Phi) is 4.97. The number of rotatable bonds is 5. The van der Waals surface area contributed by atoms with Gasteiger partial charge in [0.15, 0.2) is 0 Å². The number of nitrogens with one attached hydrogen (secondary N) is 2. The zero-order valence-corrected chi connectivity index (χ0v) is 16.4. The van der Waals surface area contributed by atoms with Crippen molar-refractivity contribution in [3.63, 3.8) is 0 Å². The Morgan fingerprint density at radius 3 is 2.57 bits per heavy atom. The van der Waals surface area contributed by atoms with Gasteiger partial charge in [0.2, 0.25) is 0 Å². The number of methoxy groups -OCH3 is 1. The Balaban J connectivity index is 1.72. The van der Waals surface area contributed by atoms with E-state index in [2.05, 4.69) is 15.7 Å². The number of anilines is 2. The number of carboxylic acid groups (broad SMARTS) is 1. The molecule has 1 amide bonds. The molecule has 1 aliphatic heterocycles. The predicted octanol–water partition coefficient (Wildman–Crippen LogP) is 3.44. The van der Waals surface area contributed by atoms with Crippen molar-refractivity contribution in [2.75, 3.05) is 17.7 Å². The van der Waals surface area contributed by atoms with Crippen molar-refractivity contribution in [1.82, 2.24) is 9.78 Å². The van der Waals surface area contributed by atoms with Gasteiger partial charge in [0.05, 0.1) is 19.3 Å². The number of carboxylic acids is 1. The minimum absolute atomic E-state index is 0.0197. The summed E-state index contributed by atoms with van der Waals surface area (Å²) >= 11 is 0. The van der Waals surface area contributed by atoms with Gasteiger partial charge < -0.3 is 20.5 Å². The molecule has 152 valence electrons. The van der Waals surface area contributed by atoms with Crippen LogP contribution in [0.1, 0.15) is 27.5 Å². The lowest BCUT2D eigenvalue weighted by Crippen LogP contribution is -2.25. The summed E-state index contributed by atoms with van der Waals surface area (Å²) in [7, 11) is 1.58. The van der Waals surface area contributed by atoms with Crippen molar-refractivity contribution >= 4 is 23.4 Å². The van der Waals surface area contributed by atoms with E-state index in [1.54, 1.807) is 36.1 Å². The van der Waals surface area contributed by atoms with Crippen LogP contribution in [-0.2, 0) is 4.79 Å². The normalized spacial score (nSPS) is 14.9. The van der Waals surface area contributed by atoms with Crippen LogP contribution < -0.4 is 15.4 Å². The molecule has 3 aromatic rings. The number of hydrogen-bond acceptors (Lipinski definition) is 5. The quantitative estimate of drug-likeness (QED) is 0.602.